The second-order valence-electron chi connectivity index (χ2n) is 8.69. The first-order valence-electron chi connectivity index (χ1n) is 11.2. The third kappa shape index (κ3) is 5.15. The third-order valence-electron chi connectivity index (χ3n) is 5.71. The summed E-state index contributed by atoms with van der Waals surface area (Å²) in [6.07, 6.45) is 6.37. The first-order valence-corrected chi connectivity index (χ1v) is 11.2. The Morgan fingerprint density at radius 2 is 1.05 bits per heavy atom. The second-order valence-corrected chi connectivity index (χ2v) is 8.69. The SMILES string of the molecule is CC(=O)c1cc(NC(=O)c2cc(NC(=O)c3cc(NC(=O)c4nc(N)cn4C)cn3C)cn2C)cn1C. The summed E-state index contributed by atoms with van der Waals surface area (Å²) in [6.45, 7) is 1.45. The summed E-state index contributed by atoms with van der Waals surface area (Å²) in [5, 5.41) is 8.22. The van der Waals surface area contributed by atoms with Crippen molar-refractivity contribution in [3.05, 3.63) is 65.9 Å². The molecule has 0 bridgehead atoms. The molecule has 0 saturated heterocycles. The van der Waals surface area contributed by atoms with E-state index >= 15 is 0 Å². The summed E-state index contributed by atoms with van der Waals surface area (Å²) in [4.78, 5) is 53.9. The van der Waals surface area contributed by atoms with Crippen LogP contribution < -0.4 is 21.7 Å². The van der Waals surface area contributed by atoms with Crippen LogP contribution in [-0.4, -0.2) is 46.8 Å². The van der Waals surface area contributed by atoms with Gasteiger partial charge in [-0.05, 0) is 18.2 Å². The van der Waals surface area contributed by atoms with E-state index in [1.54, 1.807) is 72.6 Å². The number of carbonyl (C=O) groups is 4. The normalized spacial score (nSPS) is 10.8. The summed E-state index contributed by atoms with van der Waals surface area (Å²) in [5.74, 6) is -1.06. The Balaban J connectivity index is 1.44. The van der Waals surface area contributed by atoms with Crippen LogP contribution in [0.2, 0.25) is 0 Å². The fourth-order valence-corrected chi connectivity index (χ4v) is 3.98. The molecule has 37 heavy (non-hydrogen) atoms. The summed E-state index contributed by atoms with van der Waals surface area (Å²) >= 11 is 0. The number of amides is 3. The van der Waals surface area contributed by atoms with E-state index in [1.807, 2.05) is 0 Å². The number of anilines is 4. The lowest BCUT2D eigenvalue weighted by molar-refractivity contribution is 0.0998. The molecular formula is C24H27N9O4. The molecule has 0 radical (unpaired) electrons. The first kappa shape index (κ1) is 25.0. The van der Waals surface area contributed by atoms with Crippen molar-refractivity contribution in [2.45, 2.75) is 6.92 Å². The lowest BCUT2D eigenvalue weighted by Crippen LogP contribution is -2.16. The van der Waals surface area contributed by atoms with Crippen LogP contribution in [0.5, 0.6) is 0 Å². The molecule has 0 aromatic carbocycles. The minimum Gasteiger partial charge on any atom is -0.382 e. The van der Waals surface area contributed by atoms with Crippen LogP contribution in [0.1, 0.15) is 49.0 Å². The van der Waals surface area contributed by atoms with E-state index in [1.165, 1.54) is 23.8 Å². The fourth-order valence-electron chi connectivity index (χ4n) is 3.98. The van der Waals surface area contributed by atoms with Gasteiger partial charge in [0.1, 0.15) is 17.2 Å². The minimum atomic E-state index is -0.468. The summed E-state index contributed by atoms with van der Waals surface area (Å²) in [6, 6.07) is 4.66. The van der Waals surface area contributed by atoms with E-state index in [0.29, 0.717) is 28.5 Å². The number of hydrogen-bond acceptors (Lipinski definition) is 6. The molecule has 13 nitrogen and oxygen atoms in total. The fraction of sp³-hybridized carbons (Fsp3) is 0.208. The highest BCUT2D eigenvalue weighted by molar-refractivity contribution is 6.08. The van der Waals surface area contributed by atoms with Crippen molar-refractivity contribution in [2.24, 2.45) is 28.2 Å². The molecule has 4 aromatic heterocycles. The average molecular weight is 506 g/mol. The number of aromatic nitrogens is 5. The van der Waals surface area contributed by atoms with Gasteiger partial charge in [-0.1, -0.05) is 0 Å². The monoisotopic (exact) mass is 505 g/mol. The van der Waals surface area contributed by atoms with Crippen molar-refractivity contribution >= 4 is 46.4 Å². The molecule has 0 saturated carbocycles. The first-order chi connectivity index (χ1) is 17.4. The second kappa shape index (κ2) is 9.53. The van der Waals surface area contributed by atoms with Crippen LogP contribution in [0, 0.1) is 0 Å². The molecule has 5 N–H and O–H groups in total. The van der Waals surface area contributed by atoms with E-state index in [9.17, 15) is 19.2 Å². The number of carbonyl (C=O) groups excluding carboxylic acids is 4. The van der Waals surface area contributed by atoms with Crippen LogP contribution in [0.4, 0.5) is 22.9 Å². The smallest absolute Gasteiger partial charge is 0.291 e. The number of nitrogens with one attached hydrogen (secondary N) is 3. The number of rotatable bonds is 7. The van der Waals surface area contributed by atoms with Crippen molar-refractivity contribution in [3.63, 3.8) is 0 Å². The molecule has 0 aliphatic carbocycles. The summed E-state index contributed by atoms with van der Waals surface area (Å²) < 4.78 is 6.28. The van der Waals surface area contributed by atoms with E-state index < -0.39 is 17.7 Å². The predicted molar refractivity (Wildman–Crippen MR) is 138 cm³/mol. The van der Waals surface area contributed by atoms with Crippen molar-refractivity contribution in [1.82, 2.24) is 23.3 Å². The number of nitrogens with zero attached hydrogens (tertiary/aromatic N) is 5. The van der Waals surface area contributed by atoms with Gasteiger partial charge in [-0.2, -0.15) is 0 Å². The molecule has 0 unspecified atom stereocenters. The van der Waals surface area contributed by atoms with E-state index in [4.69, 9.17) is 5.73 Å². The lowest BCUT2D eigenvalue weighted by Gasteiger charge is -2.03. The Kier molecular flexibility index (Phi) is 6.45. The highest BCUT2D eigenvalue weighted by Gasteiger charge is 2.19. The van der Waals surface area contributed by atoms with Gasteiger partial charge in [-0.25, -0.2) is 4.98 Å². The Bertz CT molecular complexity index is 1550. The molecule has 0 aliphatic heterocycles. The van der Waals surface area contributed by atoms with Gasteiger partial charge in [-0.3, -0.25) is 19.2 Å². The molecule has 192 valence electrons. The molecule has 4 aromatic rings. The standard InChI is InChI=1S/C24H27N9O4/c1-13(34)17-6-14(9-30(17)2)26-22(35)18-7-15(10-31(18)3)27-23(36)19-8-16(11-32(19)4)28-24(37)21-29-20(25)12-33(21)5/h6-12H,25H2,1-5H3,(H,26,35)(H,27,36)(H,28,37). The number of aryl methyl sites for hydroxylation is 4. The Hall–Kier alpha value is -5.07. The number of ketones is 1. The van der Waals surface area contributed by atoms with Gasteiger partial charge in [0.2, 0.25) is 5.82 Å². The zero-order valence-electron chi connectivity index (χ0n) is 21.0. The molecule has 0 spiro atoms. The van der Waals surface area contributed by atoms with Gasteiger partial charge in [0, 0.05) is 59.9 Å². The molecule has 0 fully saturated rings. The van der Waals surface area contributed by atoms with Crippen molar-refractivity contribution in [2.75, 3.05) is 21.7 Å². The molecular weight excluding hydrogens is 478 g/mol. The molecule has 13 heteroatoms. The third-order valence-corrected chi connectivity index (χ3v) is 5.71. The molecule has 0 atom stereocenters. The highest BCUT2D eigenvalue weighted by atomic mass is 16.2. The van der Waals surface area contributed by atoms with Gasteiger partial charge < -0.3 is 40.0 Å². The molecule has 4 heterocycles. The maximum atomic E-state index is 12.9. The quantitative estimate of drug-likeness (QED) is 0.281. The van der Waals surface area contributed by atoms with Gasteiger partial charge in [0.15, 0.2) is 5.78 Å². The topological polar surface area (TPSA) is 163 Å². The Morgan fingerprint density at radius 3 is 1.43 bits per heavy atom. The van der Waals surface area contributed by atoms with Gasteiger partial charge in [0.05, 0.1) is 22.8 Å². The number of nitrogen functional groups attached to an aromatic ring is 1. The zero-order valence-corrected chi connectivity index (χ0v) is 21.0. The van der Waals surface area contributed by atoms with Crippen LogP contribution in [0.25, 0.3) is 0 Å². The zero-order chi connectivity index (χ0) is 27.0. The average Bonchev–Trinajstić information content (AvgIpc) is 3.54. The molecule has 0 aliphatic rings. The van der Waals surface area contributed by atoms with Crippen LogP contribution in [0.3, 0.4) is 0 Å². The lowest BCUT2D eigenvalue weighted by atomic mass is 10.3. The van der Waals surface area contributed by atoms with Crippen molar-refractivity contribution in [3.8, 4) is 0 Å². The minimum absolute atomic E-state index is 0.114. The van der Waals surface area contributed by atoms with Crippen LogP contribution in [0.15, 0.2) is 43.0 Å². The van der Waals surface area contributed by atoms with Crippen molar-refractivity contribution < 1.29 is 19.2 Å². The van der Waals surface area contributed by atoms with Crippen LogP contribution >= 0.6 is 0 Å². The Labute approximate surface area is 211 Å². The Morgan fingerprint density at radius 1 is 0.649 bits per heavy atom. The van der Waals surface area contributed by atoms with Crippen LogP contribution in [-0.2, 0) is 28.2 Å². The molecule has 4 rings (SSSR count). The van der Waals surface area contributed by atoms with Gasteiger partial charge in [0.25, 0.3) is 17.7 Å². The number of imidazole rings is 1. The van der Waals surface area contributed by atoms with E-state index in [2.05, 4.69) is 20.9 Å². The largest absolute Gasteiger partial charge is 0.382 e. The maximum absolute atomic E-state index is 12.9. The summed E-state index contributed by atoms with van der Waals surface area (Å²) in [7, 11) is 6.72. The van der Waals surface area contributed by atoms with Crippen molar-refractivity contribution in [1.29, 1.82) is 0 Å². The van der Waals surface area contributed by atoms with E-state index in [-0.39, 0.29) is 23.1 Å². The number of hydrogen-bond donors (Lipinski definition) is 4. The van der Waals surface area contributed by atoms with Gasteiger partial charge >= 0.3 is 0 Å². The number of nitrogens with two attached hydrogens (primary N) is 1. The maximum Gasteiger partial charge on any atom is 0.291 e. The predicted octanol–water partition coefficient (Wildman–Crippen LogP) is 1.98. The number of Topliss-reactive ketones (excluding diaryl/α,β-unsaturated/α-hetero) is 1. The van der Waals surface area contributed by atoms with Gasteiger partial charge in [-0.15, -0.1) is 0 Å². The highest BCUT2D eigenvalue weighted by Crippen LogP contribution is 2.20. The van der Waals surface area contributed by atoms with E-state index in [0.717, 1.165) is 0 Å². The summed E-state index contributed by atoms with van der Waals surface area (Å²) in [5.41, 5.74) is 7.98. The molecule has 3 amide bonds.